The maximum atomic E-state index is 13.6. The van der Waals surface area contributed by atoms with E-state index in [0.29, 0.717) is 29.5 Å². The average Bonchev–Trinajstić information content (AvgIpc) is 2.62. The van der Waals surface area contributed by atoms with Crippen LogP contribution in [0.1, 0.15) is 63.5 Å². The highest BCUT2D eigenvalue weighted by molar-refractivity contribution is 14.0. The summed E-state index contributed by atoms with van der Waals surface area (Å²) < 4.78 is 36.8. The summed E-state index contributed by atoms with van der Waals surface area (Å²) in [5.41, 5.74) is 1.23. The first-order valence-corrected chi connectivity index (χ1v) is 12.2. The van der Waals surface area contributed by atoms with Crippen molar-refractivity contribution in [3.63, 3.8) is 0 Å². The predicted molar refractivity (Wildman–Crippen MR) is 131 cm³/mol. The third-order valence-electron chi connectivity index (χ3n) is 4.67. The third-order valence-corrected chi connectivity index (χ3v) is 5.51. The van der Waals surface area contributed by atoms with Gasteiger partial charge in [0.25, 0.3) is 0 Å². The summed E-state index contributed by atoms with van der Waals surface area (Å²) in [5.74, 6) is 0.682. The van der Waals surface area contributed by atoms with Crippen molar-refractivity contribution in [2.45, 2.75) is 64.7 Å². The van der Waals surface area contributed by atoms with Gasteiger partial charge < -0.3 is 10.6 Å². The first-order valence-electron chi connectivity index (χ1n) is 10.1. The first-order chi connectivity index (χ1) is 13.2. The van der Waals surface area contributed by atoms with Crippen LogP contribution in [0.2, 0.25) is 0 Å². The molecule has 0 radical (unpaired) electrons. The summed E-state index contributed by atoms with van der Waals surface area (Å²) in [6.45, 7) is 5.57. The van der Waals surface area contributed by atoms with Gasteiger partial charge in [0.05, 0.1) is 5.75 Å². The second-order valence-electron chi connectivity index (χ2n) is 7.60. The summed E-state index contributed by atoms with van der Waals surface area (Å²) >= 11 is 0. The molecule has 0 bridgehead atoms. The van der Waals surface area contributed by atoms with E-state index in [-0.39, 0.29) is 35.5 Å². The molecule has 0 fully saturated rings. The molecule has 2 N–H and O–H groups in total. The third kappa shape index (κ3) is 13.1. The second kappa shape index (κ2) is 15.0. The normalized spacial score (nSPS) is 12.9. The van der Waals surface area contributed by atoms with Crippen LogP contribution in [0.4, 0.5) is 4.39 Å². The fourth-order valence-electron chi connectivity index (χ4n) is 3.05. The Hall–Kier alpha value is -0.900. The Morgan fingerprint density at radius 3 is 2.45 bits per heavy atom. The molecule has 0 heterocycles. The Morgan fingerprint density at radius 2 is 1.83 bits per heavy atom. The highest BCUT2D eigenvalue weighted by atomic mass is 127. The molecule has 0 aromatic heterocycles. The fourth-order valence-corrected chi connectivity index (χ4v) is 3.90. The number of guanidine groups is 1. The van der Waals surface area contributed by atoms with Crippen LogP contribution in [-0.2, 0) is 22.1 Å². The number of sulfone groups is 1. The van der Waals surface area contributed by atoms with E-state index in [4.69, 9.17) is 0 Å². The van der Waals surface area contributed by atoms with Crippen LogP contribution in [0.5, 0.6) is 0 Å². The topological polar surface area (TPSA) is 70.6 Å². The highest BCUT2D eigenvalue weighted by Gasteiger charge is 2.11. The molecule has 5 nitrogen and oxygen atoms in total. The van der Waals surface area contributed by atoms with Crippen molar-refractivity contribution in [2.24, 2.45) is 10.9 Å². The molecule has 0 aliphatic rings. The molecule has 8 heteroatoms. The van der Waals surface area contributed by atoms with Crippen LogP contribution in [0, 0.1) is 11.7 Å². The molecule has 168 valence electrons. The van der Waals surface area contributed by atoms with E-state index in [9.17, 15) is 12.8 Å². The largest absolute Gasteiger partial charge is 0.356 e. The van der Waals surface area contributed by atoms with Gasteiger partial charge in [-0.05, 0) is 35.6 Å². The molecular formula is C21H37FIN3O2S. The molecule has 1 unspecified atom stereocenters. The quantitative estimate of drug-likeness (QED) is 0.175. The van der Waals surface area contributed by atoms with Crippen molar-refractivity contribution in [1.29, 1.82) is 0 Å². The predicted octanol–water partition coefficient (Wildman–Crippen LogP) is 4.65. The lowest BCUT2D eigenvalue weighted by atomic mass is 10.0. The number of hydrogen-bond donors (Lipinski definition) is 2. The minimum Gasteiger partial charge on any atom is -0.356 e. The monoisotopic (exact) mass is 541 g/mol. The Labute approximate surface area is 193 Å². The van der Waals surface area contributed by atoms with Crippen molar-refractivity contribution < 1.29 is 12.8 Å². The number of unbranched alkanes of at least 4 members (excludes halogenated alkanes) is 4. The number of benzene rings is 1. The van der Waals surface area contributed by atoms with Crippen molar-refractivity contribution in [2.75, 3.05) is 19.8 Å². The number of hydrogen-bond acceptors (Lipinski definition) is 3. The summed E-state index contributed by atoms with van der Waals surface area (Å²) in [6, 6.07) is 4.20. The van der Waals surface area contributed by atoms with Crippen LogP contribution in [0.15, 0.2) is 23.2 Å². The van der Waals surface area contributed by atoms with Gasteiger partial charge >= 0.3 is 0 Å². The van der Waals surface area contributed by atoms with Gasteiger partial charge in [0.1, 0.15) is 5.82 Å². The van der Waals surface area contributed by atoms with Crippen molar-refractivity contribution in [3.8, 4) is 0 Å². The zero-order valence-corrected chi connectivity index (χ0v) is 21.3. The summed E-state index contributed by atoms with van der Waals surface area (Å²) in [7, 11) is -1.50. The average molecular weight is 542 g/mol. The zero-order valence-electron chi connectivity index (χ0n) is 18.1. The molecule has 0 amide bonds. The molecule has 0 saturated heterocycles. The summed E-state index contributed by atoms with van der Waals surface area (Å²) in [6.07, 6.45) is 8.76. The standard InChI is InChI=1S/C21H36FN3O2S.HI/c1-5-6-7-8-9-10-17(2)14-24-21(23-3)25-15-19-13-20(22)12-11-18(19)16-28(4,26)27;/h11-13,17H,5-10,14-16H2,1-4H3,(H2,23,24,25);1H. The molecule has 1 aromatic rings. The van der Waals surface area contributed by atoms with Gasteiger partial charge in [0, 0.05) is 26.4 Å². The van der Waals surface area contributed by atoms with Crippen LogP contribution in [0.25, 0.3) is 0 Å². The molecule has 0 spiro atoms. The van der Waals surface area contributed by atoms with E-state index in [1.165, 1.54) is 63.0 Å². The first kappa shape index (κ1) is 28.1. The molecule has 1 rings (SSSR count). The number of nitrogens with one attached hydrogen (secondary N) is 2. The van der Waals surface area contributed by atoms with E-state index in [1.807, 2.05) is 0 Å². The summed E-state index contributed by atoms with van der Waals surface area (Å²) in [5, 5.41) is 6.46. The van der Waals surface area contributed by atoms with Crippen LogP contribution in [-0.4, -0.2) is 34.2 Å². The SMILES string of the molecule is CCCCCCCC(C)CNC(=NC)NCc1cc(F)ccc1CS(C)(=O)=O.I. The Kier molecular flexibility index (Phi) is 14.5. The molecule has 0 aliphatic carbocycles. The lowest BCUT2D eigenvalue weighted by molar-refractivity contribution is 0.477. The zero-order chi connectivity index (χ0) is 21.0. The maximum absolute atomic E-state index is 13.6. The van der Waals surface area contributed by atoms with Crippen LogP contribution >= 0.6 is 24.0 Å². The molecule has 0 saturated carbocycles. The molecule has 1 atom stereocenters. The molecular weight excluding hydrogens is 504 g/mol. The second-order valence-corrected chi connectivity index (χ2v) is 9.74. The van der Waals surface area contributed by atoms with E-state index in [0.717, 1.165) is 6.54 Å². The van der Waals surface area contributed by atoms with Crippen molar-refractivity contribution >= 4 is 39.8 Å². The van der Waals surface area contributed by atoms with Gasteiger partial charge in [-0.3, -0.25) is 4.99 Å². The van der Waals surface area contributed by atoms with E-state index >= 15 is 0 Å². The van der Waals surface area contributed by atoms with Gasteiger partial charge in [-0.15, -0.1) is 24.0 Å². The molecule has 0 aliphatic heterocycles. The van der Waals surface area contributed by atoms with Crippen molar-refractivity contribution in [1.82, 2.24) is 10.6 Å². The minimum atomic E-state index is -3.19. The van der Waals surface area contributed by atoms with Gasteiger partial charge in [0.2, 0.25) is 0 Å². The number of nitrogens with zero attached hydrogens (tertiary/aromatic N) is 1. The number of aliphatic imine (C=N–C) groups is 1. The number of halogens is 2. The lowest BCUT2D eigenvalue weighted by Crippen LogP contribution is -2.39. The number of rotatable bonds is 12. The van der Waals surface area contributed by atoms with E-state index < -0.39 is 9.84 Å². The minimum absolute atomic E-state index is 0. The Balaban J connectivity index is 0.00000784. The lowest BCUT2D eigenvalue weighted by Gasteiger charge is -2.17. The highest BCUT2D eigenvalue weighted by Crippen LogP contribution is 2.14. The molecule has 29 heavy (non-hydrogen) atoms. The van der Waals surface area contributed by atoms with E-state index in [1.54, 1.807) is 7.05 Å². The smallest absolute Gasteiger partial charge is 0.191 e. The van der Waals surface area contributed by atoms with Gasteiger partial charge in [0.15, 0.2) is 15.8 Å². The molecule has 1 aromatic carbocycles. The van der Waals surface area contributed by atoms with Crippen LogP contribution in [0.3, 0.4) is 0 Å². The van der Waals surface area contributed by atoms with Gasteiger partial charge in [-0.25, -0.2) is 12.8 Å². The Bertz CT molecular complexity index is 727. The van der Waals surface area contributed by atoms with Gasteiger partial charge in [-0.1, -0.05) is 52.0 Å². The Morgan fingerprint density at radius 1 is 1.14 bits per heavy atom. The maximum Gasteiger partial charge on any atom is 0.191 e. The van der Waals surface area contributed by atoms with Crippen molar-refractivity contribution in [3.05, 3.63) is 35.1 Å². The van der Waals surface area contributed by atoms with E-state index in [2.05, 4.69) is 29.5 Å². The summed E-state index contributed by atoms with van der Waals surface area (Å²) in [4.78, 5) is 4.20. The van der Waals surface area contributed by atoms with Crippen LogP contribution < -0.4 is 10.6 Å². The van der Waals surface area contributed by atoms with Gasteiger partial charge in [-0.2, -0.15) is 0 Å². The fraction of sp³-hybridized carbons (Fsp3) is 0.667.